The minimum Gasteiger partial charge on any atom is -0.373 e. The van der Waals surface area contributed by atoms with E-state index in [-0.39, 0.29) is 24.2 Å². The Labute approximate surface area is 119 Å². The fourth-order valence-corrected chi connectivity index (χ4v) is 1.99. The van der Waals surface area contributed by atoms with Crippen LogP contribution in [0.4, 0.5) is 8.78 Å². The highest BCUT2D eigenvalue weighted by Gasteiger charge is 2.23. The Bertz CT molecular complexity index is 520. The molecule has 21 heavy (non-hydrogen) atoms. The van der Waals surface area contributed by atoms with Gasteiger partial charge in [-0.3, -0.25) is 9.59 Å². The minimum absolute atomic E-state index is 0.0506. The van der Waals surface area contributed by atoms with Crippen molar-refractivity contribution in [2.45, 2.75) is 19.6 Å². The van der Waals surface area contributed by atoms with Gasteiger partial charge in [-0.05, 0) is 6.07 Å². The first-order valence-corrected chi connectivity index (χ1v) is 6.46. The predicted octanol–water partition coefficient (Wildman–Crippen LogP) is 0.255. The molecule has 0 aliphatic carbocycles. The summed E-state index contributed by atoms with van der Waals surface area (Å²) in [5, 5.41) is 6.02. The first-order chi connectivity index (χ1) is 9.97. The average Bonchev–Trinajstić information content (AvgIpc) is 2.95. The number of carbonyl (C=O) groups excluding carboxylic acids is 2. The Morgan fingerprint density at radius 1 is 1.57 bits per heavy atom. The number of ether oxygens (including phenoxy) is 1. The van der Waals surface area contributed by atoms with Gasteiger partial charge in [-0.1, -0.05) is 0 Å². The lowest BCUT2D eigenvalue weighted by molar-refractivity contribution is -0.136. The van der Waals surface area contributed by atoms with E-state index in [0.717, 1.165) is 6.20 Å². The number of alkyl halides is 2. The van der Waals surface area contributed by atoms with Gasteiger partial charge in [0.25, 0.3) is 5.91 Å². The molecule has 0 radical (unpaired) electrons. The highest BCUT2D eigenvalue weighted by Crippen LogP contribution is 2.09. The van der Waals surface area contributed by atoms with Gasteiger partial charge in [-0.2, -0.15) is 13.9 Å². The number of hydrogen-bond acceptors (Lipinski definition) is 4. The molecule has 1 saturated heterocycles. The number of amides is 2. The topological polar surface area (TPSA) is 76.5 Å². The van der Waals surface area contributed by atoms with Crippen LogP contribution < -0.4 is 5.32 Å². The molecule has 1 fully saturated rings. The number of aromatic nitrogens is 2. The highest BCUT2D eigenvalue weighted by atomic mass is 19.3. The molecule has 1 aliphatic heterocycles. The summed E-state index contributed by atoms with van der Waals surface area (Å²) in [6.07, 6.45) is 0.720. The molecule has 0 saturated carbocycles. The molecule has 2 heterocycles. The lowest BCUT2D eigenvalue weighted by atomic mass is 10.2. The summed E-state index contributed by atoms with van der Waals surface area (Å²) >= 11 is 0. The fraction of sp³-hybridized carbons (Fsp3) is 0.583. The lowest BCUT2D eigenvalue weighted by Gasteiger charge is -2.32. The molecular weight excluding hydrogens is 286 g/mol. The normalized spacial score (nSPS) is 18.9. The zero-order valence-corrected chi connectivity index (χ0v) is 11.5. The van der Waals surface area contributed by atoms with Gasteiger partial charge in [0.2, 0.25) is 5.91 Å². The maximum atomic E-state index is 12.4. The number of nitrogens with zero attached hydrogens (tertiary/aromatic N) is 3. The Morgan fingerprint density at radius 3 is 2.95 bits per heavy atom. The Kier molecular flexibility index (Phi) is 4.84. The van der Waals surface area contributed by atoms with Crippen LogP contribution in [0.25, 0.3) is 0 Å². The van der Waals surface area contributed by atoms with Crippen molar-refractivity contribution < 1.29 is 23.1 Å². The molecule has 0 aromatic carbocycles. The van der Waals surface area contributed by atoms with E-state index in [9.17, 15) is 18.4 Å². The summed E-state index contributed by atoms with van der Waals surface area (Å²) in [5.41, 5.74) is -0.0884. The van der Waals surface area contributed by atoms with E-state index in [2.05, 4.69) is 10.4 Å². The average molecular weight is 302 g/mol. The number of hydrogen-bond donors (Lipinski definition) is 1. The van der Waals surface area contributed by atoms with E-state index < -0.39 is 12.5 Å². The third-order valence-electron chi connectivity index (χ3n) is 3.12. The van der Waals surface area contributed by atoms with Gasteiger partial charge in [0.15, 0.2) is 0 Å². The highest BCUT2D eigenvalue weighted by molar-refractivity contribution is 5.92. The van der Waals surface area contributed by atoms with Crippen molar-refractivity contribution >= 4 is 11.8 Å². The van der Waals surface area contributed by atoms with Crippen molar-refractivity contribution in [3.8, 4) is 0 Å². The van der Waals surface area contributed by atoms with E-state index in [4.69, 9.17) is 4.74 Å². The minimum atomic E-state index is -2.78. The molecule has 2 amide bonds. The maximum Gasteiger partial charge on any atom is 0.333 e. The van der Waals surface area contributed by atoms with Crippen molar-refractivity contribution in [3.05, 3.63) is 18.0 Å². The van der Waals surface area contributed by atoms with Gasteiger partial charge < -0.3 is 15.0 Å². The quantitative estimate of drug-likeness (QED) is 0.865. The van der Waals surface area contributed by atoms with E-state index in [1.807, 2.05) is 0 Å². The molecule has 116 valence electrons. The van der Waals surface area contributed by atoms with Crippen LogP contribution in [0.5, 0.6) is 0 Å². The zero-order chi connectivity index (χ0) is 15.4. The van der Waals surface area contributed by atoms with Crippen LogP contribution >= 0.6 is 0 Å². The summed E-state index contributed by atoms with van der Waals surface area (Å²) in [4.78, 5) is 24.7. The summed E-state index contributed by atoms with van der Waals surface area (Å²) in [6, 6.07) is 1.21. The van der Waals surface area contributed by atoms with Gasteiger partial charge in [0, 0.05) is 32.8 Å². The number of nitrogens with one attached hydrogen (secondary N) is 1. The third kappa shape index (κ3) is 3.97. The van der Waals surface area contributed by atoms with Crippen LogP contribution in [0.1, 0.15) is 24.0 Å². The first-order valence-electron chi connectivity index (χ1n) is 6.46. The second kappa shape index (κ2) is 6.61. The molecule has 7 nitrogen and oxygen atoms in total. The van der Waals surface area contributed by atoms with Crippen LogP contribution in [0.15, 0.2) is 12.3 Å². The molecule has 1 N–H and O–H groups in total. The number of halogens is 2. The molecule has 0 bridgehead atoms. The first kappa shape index (κ1) is 15.4. The van der Waals surface area contributed by atoms with E-state index in [0.29, 0.717) is 24.4 Å². The van der Waals surface area contributed by atoms with E-state index in [1.54, 1.807) is 4.90 Å². The molecule has 0 unspecified atom stereocenters. The molecule has 9 heteroatoms. The summed E-state index contributed by atoms with van der Waals surface area (Å²) in [7, 11) is 0. The largest absolute Gasteiger partial charge is 0.373 e. The van der Waals surface area contributed by atoms with E-state index in [1.165, 1.54) is 13.0 Å². The summed E-state index contributed by atoms with van der Waals surface area (Å²) in [5.74, 6) is -0.608. The smallest absolute Gasteiger partial charge is 0.333 e. The zero-order valence-electron chi connectivity index (χ0n) is 11.5. The Morgan fingerprint density at radius 2 is 2.33 bits per heavy atom. The Hall–Kier alpha value is -2.03. The SMILES string of the molecule is CC(=O)N1CCO[C@@H](CNC(=O)c2ccn(C(F)F)n2)C1. The molecule has 1 aromatic rings. The maximum absolute atomic E-state index is 12.4. The molecule has 1 aliphatic rings. The van der Waals surface area contributed by atoms with Crippen LogP contribution in [0, 0.1) is 0 Å². The van der Waals surface area contributed by atoms with Gasteiger partial charge in [-0.15, -0.1) is 0 Å². The van der Waals surface area contributed by atoms with Crippen LogP contribution in [-0.2, 0) is 9.53 Å². The van der Waals surface area contributed by atoms with Crippen molar-refractivity contribution in [1.82, 2.24) is 20.0 Å². The van der Waals surface area contributed by atoms with Crippen molar-refractivity contribution in [2.75, 3.05) is 26.2 Å². The summed E-state index contributed by atoms with van der Waals surface area (Å²) in [6.45, 7) is 0.194. The summed E-state index contributed by atoms with van der Waals surface area (Å²) < 4.78 is 30.5. The number of morpholine rings is 1. The molecule has 1 aromatic heterocycles. The van der Waals surface area contributed by atoms with Crippen LogP contribution in [0.2, 0.25) is 0 Å². The Balaban J connectivity index is 1.84. The van der Waals surface area contributed by atoms with Gasteiger partial charge in [0.05, 0.1) is 12.7 Å². The van der Waals surface area contributed by atoms with Gasteiger partial charge in [-0.25, -0.2) is 4.68 Å². The van der Waals surface area contributed by atoms with Gasteiger partial charge in [0.1, 0.15) is 5.69 Å². The van der Waals surface area contributed by atoms with E-state index >= 15 is 0 Å². The predicted molar refractivity (Wildman–Crippen MR) is 67.8 cm³/mol. The monoisotopic (exact) mass is 302 g/mol. The third-order valence-corrected chi connectivity index (χ3v) is 3.12. The molecule has 0 spiro atoms. The van der Waals surface area contributed by atoms with Crippen LogP contribution in [0.3, 0.4) is 0 Å². The van der Waals surface area contributed by atoms with Gasteiger partial charge >= 0.3 is 6.55 Å². The van der Waals surface area contributed by atoms with Crippen molar-refractivity contribution in [2.24, 2.45) is 0 Å². The molecule has 1 atom stereocenters. The molecular formula is C12H16F2N4O3. The second-order valence-electron chi connectivity index (χ2n) is 4.63. The second-order valence-corrected chi connectivity index (χ2v) is 4.63. The number of rotatable bonds is 4. The van der Waals surface area contributed by atoms with Crippen molar-refractivity contribution in [3.63, 3.8) is 0 Å². The lowest BCUT2D eigenvalue weighted by Crippen LogP contribution is -2.49. The van der Waals surface area contributed by atoms with Crippen molar-refractivity contribution in [1.29, 1.82) is 0 Å². The standard InChI is InChI=1S/C12H16F2N4O3/c1-8(19)17-4-5-21-9(7-17)6-15-11(20)10-2-3-18(16-10)12(13)14/h2-3,9,12H,4-7H2,1H3,(H,15,20)/t9-/m0/s1. The molecule has 2 rings (SSSR count). The fourth-order valence-electron chi connectivity index (χ4n) is 1.99. The number of carbonyl (C=O) groups is 2. The van der Waals surface area contributed by atoms with Crippen LogP contribution in [-0.4, -0.2) is 58.8 Å².